The Morgan fingerprint density at radius 2 is 2.16 bits per heavy atom. The first-order valence-corrected chi connectivity index (χ1v) is 5.56. The van der Waals surface area contributed by atoms with Gasteiger partial charge in [0.05, 0.1) is 13.4 Å². The van der Waals surface area contributed by atoms with Crippen molar-refractivity contribution in [2.24, 2.45) is 0 Å². The zero-order valence-corrected chi connectivity index (χ0v) is 10.7. The minimum absolute atomic E-state index is 0.145. The topological polar surface area (TPSA) is 113 Å². The summed E-state index contributed by atoms with van der Waals surface area (Å²) in [4.78, 5) is 41.1. The summed E-state index contributed by atoms with van der Waals surface area (Å²) in [6.45, 7) is 0.305. The van der Waals surface area contributed by atoms with E-state index in [0.29, 0.717) is 13.0 Å². The lowest BCUT2D eigenvalue weighted by Gasteiger charge is -2.15. The molecule has 8 heteroatoms. The maximum Gasteiger partial charge on any atom is 0.354 e. The van der Waals surface area contributed by atoms with Gasteiger partial charge in [-0.05, 0) is 6.42 Å². The van der Waals surface area contributed by atoms with Crippen LogP contribution >= 0.6 is 0 Å². The second kappa shape index (κ2) is 6.53. The van der Waals surface area contributed by atoms with Gasteiger partial charge in [-0.2, -0.15) is 0 Å². The number of hydrogen-bond acceptors (Lipinski definition) is 5. The van der Waals surface area contributed by atoms with E-state index in [0.717, 1.165) is 6.33 Å². The summed E-state index contributed by atoms with van der Waals surface area (Å²) in [5, 5.41) is 8.86. The molecule has 1 aromatic heterocycles. The summed E-state index contributed by atoms with van der Waals surface area (Å²) in [6.07, 6.45) is 1.78. The molecule has 0 aliphatic carbocycles. The molecule has 0 spiro atoms. The standard InChI is InChI=1S/C11H15N3O5/c1-14(5-3-4-7(15)19-2)10(16)8-9(11(17)18)13-6-12-8/h6H,3-5H2,1-2H3,(H,12,13)(H,17,18). The number of aromatic carboxylic acids is 1. The number of imidazole rings is 1. The maximum absolute atomic E-state index is 11.9. The first-order chi connectivity index (χ1) is 8.97. The van der Waals surface area contributed by atoms with Gasteiger partial charge in [0.2, 0.25) is 0 Å². The number of methoxy groups -OCH3 is 1. The zero-order valence-electron chi connectivity index (χ0n) is 10.7. The van der Waals surface area contributed by atoms with Crippen LogP contribution in [-0.4, -0.2) is 58.5 Å². The third-order valence-corrected chi connectivity index (χ3v) is 2.50. The molecule has 1 rings (SSSR count). The first-order valence-electron chi connectivity index (χ1n) is 5.56. The second-order valence-corrected chi connectivity index (χ2v) is 3.84. The number of esters is 1. The lowest BCUT2D eigenvalue weighted by atomic mass is 10.2. The van der Waals surface area contributed by atoms with Gasteiger partial charge in [0, 0.05) is 20.0 Å². The van der Waals surface area contributed by atoms with Crippen molar-refractivity contribution in [2.75, 3.05) is 20.7 Å². The van der Waals surface area contributed by atoms with Crippen LogP contribution in [0.3, 0.4) is 0 Å². The van der Waals surface area contributed by atoms with Gasteiger partial charge < -0.3 is 19.7 Å². The molecule has 0 unspecified atom stereocenters. The minimum Gasteiger partial charge on any atom is -0.477 e. The summed E-state index contributed by atoms with van der Waals surface area (Å²) in [5.41, 5.74) is -0.391. The molecule has 19 heavy (non-hydrogen) atoms. The fourth-order valence-electron chi connectivity index (χ4n) is 1.46. The van der Waals surface area contributed by atoms with E-state index in [4.69, 9.17) is 5.11 Å². The number of aromatic nitrogens is 2. The molecule has 0 aliphatic heterocycles. The Kier molecular flexibility index (Phi) is 5.04. The number of aromatic amines is 1. The first kappa shape index (κ1) is 14.7. The Bertz CT molecular complexity index is 482. The van der Waals surface area contributed by atoms with Crippen molar-refractivity contribution in [3.8, 4) is 0 Å². The summed E-state index contributed by atoms with van der Waals surface area (Å²) >= 11 is 0. The predicted octanol–water partition coefficient (Wildman–Crippen LogP) is 0.133. The fourth-order valence-corrected chi connectivity index (χ4v) is 1.46. The molecule has 0 aromatic carbocycles. The summed E-state index contributed by atoms with van der Waals surface area (Å²) in [7, 11) is 2.81. The molecule has 2 N–H and O–H groups in total. The lowest BCUT2D eigenvalue weighted by molar-refractivity contribution is -0.140. The molecule has 8 nitrogen and oxygen atoms in total. The van der Waals surface area contributed by atoms with Crippen molar-refractivity contribution in [3.05, 3.63) is 17.7 Å². The molecule has 0 saturated carbocycles. The molecule has 0 fully saturated rings. The van der Waals surface area contributed by atoms with Crippen LogP contribution in [-0.2, 0) is 9.53 Å². The van der Waals surface area contributed by atoms with E-state index in [-0.39, 0.29) is 23.8 Å². The molecular formula is C11H15N3O5. The largest absolute Gasteiger partial charge is 0.477 e. The molecule has 0 bridgehead atoms. The van der Waals surface area contributed by atoms with Crippen LogP contribution in [0.4, 0.5) is 0 Å². The van der Waals surface area contributed by atoms with Gasteiger partial charge in [0.15, 0.2) is 11.4 Å². The van der Waals surface area contributed by atoms with Crippen molar-refractivity contribution in [3.63, 3.8) is 0 Å². The van der Waals surface area contributed by atoms with Crippen LogP contribution < -0.4 is 0 Å². The zero-order chi connectivity index (χ0) is 14.4. The van der Waals surface area contributed by atoms with E-state index >= 15 is 0 Å². The molecular weight excluding hydrogens is 254 g/mol. The van der Waals surface area contributed by atoms with Gasteiger partial charge in [0.1, 0.15) is 0 Å². The Labute approximate surface area is 109 Å². The van der Waals surface area contributed by atoms with Crippen LogP contribution in [0.1, 0.15) is 33.8 Å². The van der Waals surface area contributed by atoms with E-state index in [2.05, 4.69) is 14.7 Å². The summed E-state index contributed by atoms with van der Waals surface area (Å²) in [6, 6.07) is 0. The quantitative estimate of drug-likeness (QED) is 0.710. The highest BCUT2D eigenvalue weighted by Gasteiger charge is 2.22. The molecule has 0 atom stereocenters. The van der Waals surface area contributed by atoms with Crippen LogP contribution in [0.25, 0.3) is 0 Å². The summed E-state index contributed by atoms with van der Waals surface area (Å²) in [5.74, 6) is -2.11. The lowest BCUT2D eigenvalue weighted by Crippen LogP contribution is -2.29. The van der Waals surface area contributed by atoms with Crippen molar-refractivity contribution in [1.29, 1.82) is 0 Å². The highest BCUT2D eigenvalue weighted by Crippen LogP contribution is 2.07. The molecule has 0 radical (unpaired) electrons. The van der Waals surface area contributed by atoms with E-state index < -0.39 is 11.9 Å². The number of rotatable bonds is 6. The van der Waals surface area contributed by atoms with Gasteiger partial charge in [-0.3, -0.25) is 9.59 Å². The molecule has 104 valence electrons. The highest BCUT2D eigenvalue weighted by molar-refractivity contribution is 6.02. The monoisotopic (exact) mass is 269 g/mol. The van der Waals surface area contributed by atoms with E-state index in [1.807, 2.05) is 0 Å². The Morgan fingerprint density at radius 1 is 1.47 bits per heavy atom. The highest BCUT2D eigenvalue weighted by atomic mass is 16.5. The number of ether oxygens (including phenoxy) is 1. The average molecular weight is 269 g/mol. The number of nitrogens with one attached hydrogen (secondary N) is 1. The normalized spacial score (nSPS) is 10.0. The van der Waals surface area contributed by atoms with Gasteiger partial charge in [0.25, 0.3) is 5.91 Å². The van der Waals surface area contributed by atoms with Crippen LogP contribution in [0.15, 0.2) is 6.33 Å². The third-order valence-electron chi connectivity index (χ3n) is 2.50. The van der Waals surface area contributed by atoms with Gasteiger partial charge in [-0.1, -0.05) is 0 Å². The minimum atomic E-state index is -1.25. The van der Waals surface area contributed by atoms with Crippen molar-refractivity contribution < 1.29 is 24.2 Å². The Morgan fingerprint density at radius 3 is 2.74 bits per heavy atom. The average Bonchev–Trinajstić information content (AvgIpc) is 2.86. The number of carbonyl (C=O) groups is 3. The van der Waals surface area contributed by atoms with Crippen LogP contribution in [0, 0.1) is 0 Å². The van der Waals surface area contributed by atoms with E-state index in [1.165, 1.54) is 19.1 Å². The number of carbonyl (C=O) groups excluding carboxylic acids is 2. The molecule has 1 heterocycles. The third kappa shape index (κ3) is 3.80. The van der Waals surface area contributed by atoms with Crippen LogP contribution in [0.5, 0.6) is 0 Å². The predicted molar refractivity (Wildman–Crippen MR) is 63.8 cm³/mol. The van der Waals surface area contributed by atoms with E-state index in [1.54, 1.807) is 0 Å². The Hall–Kier alpha value is -2.38. The molecule has 0 aliphatic rings. The van der Waals surface area contributed by atoms with Gasteiger partial charge in [-0.15, -0.1) is 0 Å². The van der Waals surface area contributed by atoms with Crippen LogP contribution in [0.2, 0.25) is 0 Å². The number of carboxylic acid groups (broad SMARTS) is 1. The molecule has 1 aromatic rings. The van der Waals surface area contributed by atoms with Crippen molar-refractivity contribution in [2.45, 2.75) is 12.8 Å². The smallest absolute Gasteiger partial charge is 0.354 e. The fraction of sp³-hybridized carbons (Fsp3) is 0.455. The molecule has 1 amide bonds. The van der Waals surface area contributed by atoms with Gasteiger partial charge in [-0.25, -0.2) is 9.78 Å². The number of H-pyrrole nitrogens is 1. The summed E-state index contributed by atoms with van der Waals surface area (Å²) < 4.78 is 4.48. The Balaban J connectivity index is 2.59. The number of hydrogen-bond donors (Lipinski definition) is 2. The number of nitrogens with zero attached hydrogens (tertiary/aromatic N) is 2. The van der Waals surface area contributed by atoms with Crippen molar-refractivity contribution in [1.82, 2.24) is 14.9 Å². The number of amides is 1. The molecule has 0 saturated heterocycles. The SMILES string of the molecule is COC(=O)CCCN(C)C(=O)c1nc[nH]c1C(=O)O. The maximum atomic E-state index is 11.9. The van der Waals surface area contributed by atoms with E-state index in [9.17, 15) is 14.4 Å². The van der Waals surface area contributed by atoms with Crippen molar-refractivity contribution >= 4 is 17.8 Å². The number of carboxylic acids is 1. The second-order valence-electron chi connectivity index (χ2n) is 3.84. The van der Waals surface area contributed by atoms with Gasteiger partial charge >= 0.3 is 11.9 Å².